The fourth-order valence-corrected chi connectivity index (χ4v) is 3.79. The Labute approximate surface area is 119 Å². The van der Waals surface area contributed by atoms with Gasteiger partial charge >= 0.3 is 0 Å². The number of rotatable bonds is 5. The highest BCUT2D eigenvalue weighted by atomic mass is 79.9. The number of aryl methyl sites for hydroxylation is 1. The van der Waals surface area contributed by atoms with Gasteiger partial charge in [0.15, 0.2) is 0 Å². The van der Waals surface area contributed by atoms with Gasteiger partial charge in [-0.2, -0.15) is 0 Å². The Hall–Kier alpha value is -0.350. The first-order valence-electron chi connectivity index (χ1n) is 6.86. The number of hydrogen-bond donors (Lipinski definition) is 0. The molecule has 1 heterocycles. The van der Waals surface area contributed by atoms with E-state index in [9.17, 15) is 0 Å². The number of nitrogens with zero attached hydrogens (tertiary/aromatic N) is 3. The summed E-state index contributed by atoms with van der Waals surface area (Å²) in [6.07, 6.45) is 10.8. The van der Waals surface area contributed by atoms with E-state index in [1.807, 2.05) is 12.4 Å². The van der Waals surface area contributed by atoms with Crippen molar-refractivity contribution in [2.24, 2.45) is 12.5 Å². The van der Waals surface area contributed by atoms with E-state index in [1.54, 1.807) is 0 Å². The minimum absolute atomic E-state index is 0.484. The fraction of sp³-hybridized carbons (Fsp3) is 0.786. The summed E-state index contributed by atoms with van der Waals surface area (Å²) in [5.74, 6) is 1.15. The maximum atomic E-state index is 4.41. The van der Waals surface area contributed by atoms with Gasteiger partial charge in [0, 0.05) is 31.3 Å². The van der Waals surface area contributed by atoms with E-state index in [-0.39, 0.29) is 0 Å². The van der Waals surface area contributed by atoms with E-state index in [2.05, 4.69) is 44.5 Å². The summed E-state index contributed by atoms with van der Waals surface area (Å²) in [5.41, 5.74) is 0.484. The van der Waals surface area contributed by atoms with Gasteiger partial charge in [0.05, 0.1) is 6.54 Å². The van der Waals surface area contributed by atoms with Crippen LogP contribution < -0.4 is 0 Å². The molecule has 1 aromatic heterocycles. The predicted octanol–water partition coefficient (Wildman–Crippen LogP) is 3.20. The first-order valence-corrected chi connectivity index (χ1v) is 7.98. The van der Waals surface area contributed by atoms with Crippen LogP contribution in [0.2, 0.25) is 0 Å². The molecule has 1 aliphatic carbocycles. The minimum Gasteiger partial charge on any atom is -0.337 e. The van der Waals surface area contributed by atoms with Crippen molar-refractivity contribution in [2.75, 3.05) is 18.9 Å². The van der Waals surface area contributed by atoms with Crippen LogP contribution in [0.4, 0.5) is 0 Å². The molecule has 1 aromatic rings. The maximum absolute atomic E-state index is 4.41. The van der Waals surface area contributed by atoms with Crippen LogP contribution >= 0.6 is 15.9 Å². The van der Waals surface area contributed by atoms with Crippen molar-refractivity contribution >= 4 is 15.9 Å². The van der Waals surface area contributed by atoms with Crippen molar-refractivity contribution < 1.29 is 0 Å². The van der Waals surface area contributed by atoms with Gasteiger partial charge in [-0.25, -0.2) is 4.98 Å². The van der Waals surface area contributed by atoms with Crippen molar-refractivity contribution in [3.05, 3.63) is 18.2 Å². The van der Waals surface area contributed by atoms with Gasteiger partial charge in [-0.15, -0.1) is 0 Å². The van der Waals surface area contributed by atoms with E-state index < -0.39 is 0 Å². The molecule has 0 spiro atoms. The van der Waals surface area contributed by atoms with Crippen LogP contribution in [0.3, 0.4) is 0 Å². The Morgan fingerprint density at radius 3 is 2.67 bits per heavy atom. The molecule has 0 saturated heterocycles. The lowest BCUT2D eigenvalue weighted by atomic mass is 9.75. The number of halogens is 1. The Bertz CT molecular complexity index is 369. The van der Waals surface area contributed by atoms with Crippen LogP contribution in [0.5, 0.6) is 0 Å². The van der Waals surface area contributed by atoms with Gasteiger partial charge in [0.1, 0.15) is 5.82 Å². The van der Waals surface area contributed by atoms with Crippen LogP contribution in [0.25, 0.3) is 0 Å². The molecule has 0 aliphatic heterocycles. The fourth-order valence-electron chi connectivity index (χ4n) is 3.05. The molecule has 0 unspecified atom stereocenters. The molecule has 1 aliphatic rings. The lowest BCUT2D eigenvalue weighted by Crippen LogP contribution is -2.38. The predicted molar refractivity (Wildman–Crippen MR) is 78.9 cm³/mol. The lowest BCUT2D eigenvalue weighted by Gasteiger charge is -2.38. The lowest BCUT2D eigenvalue weighted by molar-refractivity contribution is 0.139. The molecular formula is C14H24BrN3. The van der Waals surface area contributed by atoms with Gasteiger partial charge in [0.2, 0.25) is 0 Å². The molecule has 0 aromatic carbocycles. The third-order valence-electron chi connectivity index (χ3n) is 4.14. The average molecular weight is 314 g/mol. The molecule has 1 fully saturated rings. The van der Waals surface area contributed by atoms with E-state index in [0.717, 1.165) is 17.7 Å². The molecular weight excluding hydrogens is 290 g/mol. The van der Waals surface area contributed by atoms with Crippen LogP contribution in [0.15, 0.2) is 12.4 Å². The molecule has 2 rings (SSSR count). The summed E-state index contributed by atoms with van der Waals surface area (Å²) in [7, 11) is 4.28. The molecule has 102 valence electrons. The monoisotopic (exact) mass is 313 g/mol. The summed E-state index contributed by atoms with van der Waals surface area (Å²) < 4.78 is 2.11. The van der Waals surface area contributed by atoms with Gasteiger partial charge in [0.25, 0.3) is 0 Å². The van der Waals surface area contributed by atoms with Crippen LogP contribution in [-0.2, 0) is 13.6 Å². The highest BCUT2D eigenvalue weighted by Gasteiger charge is 2.32. The second-order valence-corrected chi connectivity index (χ2v) is 6.38. The molecule has 0 atom stereocenters. The van der Waals surface area contributed by atoms with Crippen molar-refractivity contribution in [3.63, 3.8) is 0 Å². The summed E-state index contributed by atoms with van der Waals surface area (Å²) in [5, 5.41) is 1.13. The molecule has 0 amide bonds. The Morgan fingerprint density at radius 1 is 1.39 bits per heavy atom. The smallest absolute Gasteiger partial charge is 0.122 e. The quantitative estimate of drug-likeness (QED) is 0.778. The molecule has 0 N–H and O–H groups in total. The van der Waals surface area contributed by atoms with E-state index >= 15 is 0 Å². The SMILES string of the molecule is CN(Cc1nccn1C)CC1(CBr)CCCCC1. The molecule has 4 heteroatoms. The van der Waals surface area contributed by atoms with Crippen molar-refractivity contribution in [1.82, 2.24) is 14.5 Å². The topological polar surface area (TPSA) is 21.1 Å². The third-order valence-corrected chi connectivity index (χ3v) is 5.32. The van der Waals surface area contributed by atoms with E-state index in [4.69, 9.17) is 0 Å². The van der Waals surface area contributed by atoms with Gasteiger partial charge in [-0.1, -0.05) is 35.2 Å². The number of imidazole rings is 1. The summed E-state index contributed by atoms with van der Waals surface area (Å²) in [6, 6.07) is 0. The molecule has 18 heavy (non-hydrogen) atoms. The maximum Gasteiger partial charge on any atom is 0.122 e. The first kappa shape index (κ1) is 14.1. The molecule has 0 radical (unpaired) electrons. The number of aromatic nitrogens is 2. The van der Waals surface area contributed by atoms with Crippen LogP contribution in [-0.4, -0.2) is 33.4 Å². The Kier molecular flexibility index (Phi) is 4.84. The van der Waals surface area contributed by atoms with Crippen molar-refractivity contribution in [2.45, 2.75) is 38.6 Å². The highest BCUT2D eigenvalue weighted by Crippen LogP contribution is 2.38. The second kappa shape index (κ2) is 6.20. The Morgan fingerprint density at radius 2 is 2.11 bits per heavy atom. The summed E-state index contributed by atoms with van der Waals surface area (Å²) >= 11 is 3.74. The molecule has 1 saturated carbocycles. The third kappa shape index (κ3) is 3.35. The van der Waals surface area contributed by atoms with Crippen LogP contribution in [0.1, 0.15) is 37.9 Å². The molecule has 0 bridgehead atoms. The Balaban J connectivity index is 1.93. The summed E-state index contributed by atoms with van der Waals surface area (Å²) in [4.78, 5) is 6.83. The average Bonchev–Trinajstić information content (AvgIpc) is 2.76. The normalized spacial score (nSPS) is 19.3. The van der Waals surface area contributed by atoms with Crippen LogP contribution in [0, 0.1) is 5.41 Å². The zero-order chi connectivity index (χ0) is 13.0. The number of hydrogen-bond acceptors (Lipinski definition) is 2. The second-order valence-electron chi connectivity index (χ2n) is 5.82. The van der Waals surface area contributed by atoms with E-state index in [1.165, 1.54) is 38.6 Å². The minimum atomic E-state index is 0.484. The van der Waals surface area contributed by atoms with Gasteiger partial charge in [-0.3, -0.25) is 4.90 Å². The van der Waals surface area contributed by atoms with Gasteiger partial charge < -0.3 is 4.57 Å². The standard InChI is InChI=1S/C14H24BrN3/c1-17(10-13-16-8-9-18(13)2)12-14(11-15)6-4-3-5-7-14/h8-9H,3-7,10-12H2,1-2H3. The molecule has 3 nitrogen and oxygen atoms in total. The zero-order valence-corrected chi connectivity index (χ0v) is 13.1. The number of alkyl halides is 1. The highest BCUT2D eigenvalue weighted by molar-refractivity contribution is 9.09. The van der Waals surface area contributed by atoms with E-state index in [0.29, 0.717) is 5.41 Å². The van der Waals surface area contributed by atoms with Crippen molar-refractivity contribution in [1.29, 1.82) is 0 Å². The first-order chi connectivity index (χ1) is 8.65. The zero-order valence-electron chi connectivity index (χ0n) is 11.5. The van der Waals surface area contributed by atoms with Crippen molar-refractivity contribution in [3.8, 4) is 0 Å². The van der Waals surface area contributed by atoms with Gasteiger partial charge in [-0.05, 0) is 25.3 Å². The summed E-state index contributed by atoms with van der Waals surface area (Å²) in [6.45, 7) is 2.11. The largest absolute Gasteiger partial charge is 0.337 e.